The van der Waals surface area contributed by atoms with Crippen molar-refractivity contribution in [1.29, 1.82) is 0 Å². The molecule has 0 aliphatic carbocycles. The Hall–Kier alpha value is -1.69. The number of hydrogen-bond acceptors (Lipinski definition) is 4. The summed E-state index contributed by atoms with van der Waals surface area (Å²) in [6.45, 7) is 0.524. The minimum absolute atomic E-state index is 0.321. The van der Waals surface area contributed by atoms with Crippen LogP contribution in [0.15, 0.2) is 18.5 Å². The molecule has 3 heterocycles. The fourth-order valence-corrected chi connectivity index (χ4v) is 2.48. The molecule has 1 atom stereocenters. The van der Waals surface area contributed by atoms with Gasteiger partial charge in [-0.25, -0.2) is 9.36 Å². The van der Waals surface area contributed by atoms with Gasteiger partial charge in [0.15, 0.2) is 0 Å². The molecule has 0 radical (unpaired) electrons. The van der Waals surface area contributed by atoms with Crippen LogP contribution in [0, 0.1) is 5.92 Å². The molecule has 0 saturated heterocycles. The average Bonchev–Trinajstić information content (AvgIpc) is 2.91. The molecular formula is C10H9N3O2S. The topological polar surface area (TPSA) is 68.0 Å². The lowest BCUT2D eigenvalue weighted by Gasteiger charge is -2.00. The summed E-state index contributed by atoms with van der Waals surface area (Å²) in [6, 6.07) is 1.91. The van der Waals surface area contributed by atoms with Crippen LogP contribution in [0.1, 0.15) is 5.82 Å². The SMILES string of the molecule is O=C(O)C1Cc2nc(-c3ccns3)cn2C1. The third-order valence-corrected chi connectivity index (χ3v) is 3.51. The lowest BCUT2D eigenvalue weighted by Crippen LogP contribution is -2.14. The van der Waals surface area contributed by atoms with E-state index in [1.165, 1.54) is 11.5 Å². The molecule has 1 aliphatic rings. The van der Waals surface area contributed by atoms with Gasteiger partial charge >= 0.3 is 5.97 Å². The van der Waals surface area contributed by atoms with E-state index >= 15 is 0 Å². The van der Waals surface area contributed by atoms with Gasteiger partial charge in [-0.2, -0.15) is 0 Å². The summed E-state index contributed by atoms with van der Waals surface area (Å²) in [5, 5.41) is 8.91. The molecule has 5 nitrogen and oxygen atoms in total. The third kappa shape index (κ3) is 1.42. The quantitative estimate of drug-likeness (QED) is 0.851. The molecule has 2 aromatic rings. The first-order chi connectivity index (χ1) is 7.74. The molecule has 0 bridgehead atoms. The second kappa shape index (κ2) is 3.41. The molecule has 3 rings (SSSR count). The lowest BCUT2D eigenvalue weighted by atomic mass is 10.1. The molecule has 16 heavy (non-hydrogen) atoms. The van der Waals surface area contributed by atoms with Crippen LogP contribution in [0.5, 0.6) is 0 Å². The maximum absolute atomic E-state index is 10.8. The molecule has 1 aliphatic heterocycles. The zero-order valence-electron chi connectivity index (χ0n) is 8.33. The molecule has 6 heteroatoms. The highest BCUT2D eigenvalue weighted by Crippen LogP contribution is 2.27. The smallest absolute Gasteiger partial charge is 0.308 e. The molecule has 0 saturated carbocycles. The fourth-order valence-electron chi connectivity index (χ4n) is 1.93. The highest BCUT2D eigenvalue weighted by molar-refractivity contribution is 7.09. The van der Waals surface area contributed by atoms with Crippen LogP contribution in [0.3, 0.4) is 0 Å². The minimum Gasteiger partial charge on any atom is -0.481 e. The van der Waals surface area contributed by atoms with E-state index in [2.05, 4.69) is 9.36 Å². The van der Waals surface area contributed by atoms with E-state index in [0.717, 1.165) is 16.4 Å². The van der Waals surface area contributed by atoms with Crippen LogP contribution in [0.4, 0.5) is 0 Å². The van der Waals surface area contributed by atoms with Crippen molar-refractivity contribution in [2.45, 2.75) is 13.0 Å². The first-order valence-corrected chi connectivity index (χ1v) is 5.71. The van der Waals surface area contributed by atoms with Crippen molar-refractivity contribution < 1.29 is 9.90 Å². The number of nitrogens with zero attached hydrogens (tertiary/aromatic N) is 3. The predicted molar refractivity (Wildman–Crippen MR) is 58.2 cm³/mol. The lowest BCUT2D eigenvalue weighted by molar-refractivity contribution is -0.141. The van der Waals surface area contributed by atoms with Gasteiger partial charge in [0, 0.05) is 25.4 Å². The summed E-state index contributed by atoms with van der Waals surface area (Å²) < 4.78 is 5.95. The van der Waals surface area contributed by atoms with E-state index < -0.39 is 5.97 Å². The van der Waals surface area contributed by atoms with E-state index in [0.29, 0.717) is 13.0 Å². The van der Waals surface area contributed by atoms with Crippen LogP contribution >= 0.6 is 11.5 Å². The molecule has 1 unspecified atom stereocenters. The Balaban J connectivity index is 1.90. The van der Waals surface area contributed by atoms with Crippen molar-refractivity contribution in [1.82, 2.24) is 13.9 Å². The molecule has 0 aromatic carbocycles. The van der Waals surface area contributed by atoms with Crippen LogP contribution in [-0.4, -0.2) is 25.0 Å². The summed E-state index contributed by atoms with van der Waals surface area (Å²) in [5.41, 5.74) is 0.890. The highest BCUT2D eigenvalue weighted by Gasteiger charge is 2.28. The molecule has 0 amide bonds. The van der Waals surface area contributed by atoms with E-state index in [1.54, 1.807) is 6.20 Å². The number of imidazole rings is 1. The van der Waals surface area contributed by atoms with Crippen LogP contribution in [-0.2, 0) is 17.8 Å². The van der Waals surface area contributed by atoms with Crippen molar-refractivity contribution in [2.75, 3.05) is 0 Å². The second-order valence-corrected chi connectivity index (χ2v) is 4.64. The van der Waals surface area contributed by atoms with E-state index in [9.17, 15) is 4.79 Å². The summed E-state index contributed by atoms with van der Waals surface area (Å²) in [5.74, 6) is -0.210. The number of fused-ring (bicyclic) bond motifs is 1. The van der Waals surface area contributed by atoms with Crippen LogP contribution in [0.25, 0.3) is 10.6 Å². The van der Waals surface area contributed by atoms with Crippen LogP contribution < -0.4 is 0 Å². The first kappa shape index (κ1) is 9.53. The van der Waals surface area contributed by atoms with Crippen LogP contribution in [0.2, 0.25) is 0 Å². The maximum Gasteiger partial charge on any atom is 0.308 e. The van der Waals surface area contributed by atoms with Crippen molar-refractivity contribution in [3.63, 3.8) is 0 Å². The van der Waals surface area contributed by atoms with Gasteiger partial charge in [-0.15, -0.1) is 0 Å². The van der Waals surface area contributed by atoms with Gasteiger partial charge in [0.25, 0.3) is 0 Å². The van der Waals surface area contributed by atoms with E-state index in [-0.39, 0.29) is 5.92 Å². The summed E-state index contributed by atoms with van der Waals surface area (Å²) in [4.78, 5) is 16.3. The number of aromatic nitrogens is 3. The summed E-state index contributed by atoms with van der Waals surface area (Å²) in [6.07, 6.45) is 4.17. The Kier molecular flexibility index (Phi) is 2.03. The molecule has 1 N–H and O–H groups in total. The van der Waals surface area contributed by atoms with E-state index in [4.69, 9.17) is 5.11 Å². The number of carboxylic acids is 1. The van der Waals surface area contributed by atoms with Crippen molar-refractivity contribution in [2.24, 2.45) is 5.92 Å². The number of aliphatic carboxylic acids is 1. The normalized spacial score (nSPS) is 18.6. The fraction of sp³-hybridized carbons (Fsp3) is 0.300. The minimum atomic E-state index is -0.746. The largest absolute Gasteiger partial charge is 0.481 e. The molecule has 0 fully saturated rings. The molecule has 2 aromatic heterocycles. The number of rotatable bonds is 2. The molecule has 0 spiro atoms. The monoisotopic (exact) mass is 235 g/mol. The first-order valence-electron chi connectivity index (χ1n) is 4.94. The standard InChI is InChI=1S/C10H9N3O2S/c14-10(15)6-3-9-12-7(5-13(9)4-6)8-1-2-11-16-8/h1-2,5-6H,3-4H2,(H,14,15). The van der Waals surface area contributed by atoms with Gasteiger partial charge in [-0.05, 0) is 17.6 Å². The predicted octanol–water partition coefficient (Wildman–Crippen LogP) is 1.26. The van der Waals surface area contributed by atoms with Crippen molar-refractivity contribution in [3.8, 4) is 10.6 Å². The van der Waals surface area contributed by atoms with E-state index in [1.807, 2.05) is 16.8 Å². The van der Waals surface area contributed by atoms with Gasteiger partial charge in [-0.1, -0.05) is 0 Å². The molecule has 82 valence electrons. The highest BCUT2D eigenvalue weighted by atomic mass is 32.1. The zero-order valence-corrected chi connectivity index (χ0v) is 9.15. The summed E-state index contributed by atoms with van der Waals surface area (Å²) >= 11 is 1.40. The Morgan fingerprint density at radius 1 is 1.62 bits per heavy atom. The number of carboxylic acid groups (broad SMARTS) is 1. The number of carbonyl (C=O) groups is 1. The summed E-state index contributed by atoms with van der Waals surface area (Å²) in [7, 11) is 0. The Morgan fingerprint density at radius 3 is 3.12 bits per heavy atom. The zero-order chi connectivity index (χ0) is 11.1. The van der Waals surface area contributed by atoms with Gasteiger partial charge in [-0.3, -0.25) is 4.79 Å². The van der Waals surface area contributed by atoms with Gasteiger partial charge in [0.2, 0.25) is 0 Å². The third-order valence-electron chi connectivity index (χ3n) is 2.74. The van der Waals surface area contributed by atoms with Gasteiger partial charge < -0.3 is 9.67 Å². The second-order valence-electron chi connectivity index (χ2n) is 3.81. The average molecular weight is 235 g/mol. The van der Waals surface area contributed by atoms with Gasteiger partial charge in [0.1, 0.15) is 11.5 Å². The van der Waals surface area contributed by atoms with Crippen molar-refractivity contribution in [3.05, 3.63) is 24.3 Å². The Labute approximate surface area is 95.5 Å². The number of hydrogen-bond donors (Lipinski definition) is 1. The Bertz CT molecular complexity index is 509. The van der Waals surface area contributed by atoms with Gasteiger partial charge in [0.05, 0.1) is 10.8 Å². The maximum atomic E-state index is 10.8. The molecular weight excluding hydrogens is 226 g/mol. The van der Waals surface area contributed by atoms with Crippen molar-refractivity contribution >= 4 is 17.5 Å². The Morgan fingerprint density at radius 2 is 2.50 bits per heavy atom.